The molecular formula is C22H16F3NO. The molecule has 2 nitrogen and oxygen atoms in total. The van der Waals surface area contributed by atoms with E-state index >= 15 is 0 Å². The average molecular weight is 367 g/mol. The molecule has 3 aromatic carbocycles. The van der Waals surface area contributed by atoms with Gasteiger partial charge in [0, 0.05) is 23.0 Å². The molecule has 0 atom stereocenters. The summed E-state index contributed by atoms with van der Waals surface area (Å²) < 4.78 is 38.4. The van der Waals surface area contributed by atoms with Crippen LogP contribution in [0.3, 0.4) is 0 Å². The van der Waals surface area contributed by atoms with E-state index in [-0.39, 0.29) is 5.78 Å². The molecule has 0 unspecified atom stereocenters. The molecule has 0 amide bonds. The first kappa shape index (κ1) is 18.5. The summed E-state index contributed by atoms with van der Waals surface area (Å²) in [6.07, 6.45) is -3.01. The third-order valence-corrected chi connectivity index (χ3v) is 3.91. The SMILES string of the molecule is O=C(/C=C(\Nc1ccccc1)c1ccc(C(F)(F)F)cc1)c1ccccc1. The normalized spacial score (nSPS) is 11.9. The molecule has 0 spiro atoms. The number of carbonyl (C=O) groups is 1. The molecule has 0 radical (unpaired) electrons. The summed E-state index contributed by atoms with van der Waals surface area (Å²) in [5.41, 5.74) is 1.39. The van der Waals surface area contributed by atoms with E-state index in [2.05, 4.69) is 5.32 Å². The van der Waals surface area contributed by atoms with E-state index in [0.717, 1.165) is 17.8 Å². The predicted molar refractivity (Wildman–Crippen MR) is 100 cm³/mol. The number of halogens is 3. The number of benzene rings is 3. The lowest BCUT2D eigenvalue weighted by Gasteiger charge is -2.13. The van der Waals surface area contributed by atoms with Gasteiger partial charge in [0.15, 0.2) is 5.78 Å². The van der Waals surface area contributed by atoms with E-state index in [1.807, 2.05) is 30.3 Å². The van der Waals surface area contributed by atoms with Crippen molar-refractivity contribution in [2.75, 3.05) is 5.32 Å². The highest BCUT2D eigenvalue weighted by atomic mass is 19.4. The van der Waals surface area contributed by atoms with Gasteiger partial charge in [0.2, 0.25) is 0 Å². The van der Waals surface area contributed by atoms with Crippen LogP contribution in [0.2, 0.25) is 0 Å². The smallest absolute Gasteiger partial charge is 0.355 e. The van der Waals surface area contributed by atoms with Gasteiger partial charge in [-0.2, -0.15) is 13.2 Å². The van der Waals surface area contributed by atoms with Crippen molar-refractivity contribution >= 4 is 17.2 Å². The van der Waals surface area contributed by atoms with Crippen LogP contribution >= 0.6 is 0 Å². The second kappa shape index (κ2) is 7.91. The highest BCUT2D eigenvalue weighted by Gasteiger charge is 2.30. The van der Waals surface area contributed by atoms with E-state index in [1.54, 1.807) is 30.3 Å². The lowest BCUT2D eigenvalue weighted by atomic mass is 10.0. The number of nitrogens with one attached hydrogen (secondary N) is 1. The predicted octanol–water partition coefficient (Wildman–Crippen LogP) is 6.04. The quantitative estimate of drug-likeness (QED) is 0.440. The molecule has 1 N–H and O–H groups in total. The first-order chi connectivity index (χ1) is 12.9. The average Bonchev–Trinajstić information content (AvgIpc) is 2.68. The number of ketones is 1. The van der Waals surface area contributed by atoms with Crippen LogP contribution in [-0.2, 0) is 6.18 Å². The van der Waals surface area contributed by atoms with Gasteiger partial charge in [0.1, 0.15) is 0 Å². The minimum Gasteiger partial charge on any atom is -0.355 e. The Bertz CT molecular complexity index is 931. The summed E-state index contributed by atoms with van der Waals surface area (Å²) in [5, 5.41) is 3.11. The Morgan fingerprint density at radius 3 is 1.85 bits per heavy atom. The van der Waals surface area contributed by atoms with Crippen LogP contribution < -0.4 is 5.32 Å². The summed E-state index contributed by atoms with van der Waals surface area (Å²) in [6, 6.07) is 22.5. The fourth-order valence-corrected chi connectivity index (χ4v) is 2.52. The van der Waals surface area contributed by atoms with E-state index < -0.39 is 11.7 Å². The molecule has 0 aliphatic carbocycles. The van der Waals surface area contributed by atoms with Crippen molar-refractivity contribution in [3.63, 3.8) is 0 Å². The molecule has 0 heterocycles. The zero-order chi connectivity index (χ0) is 19.3. The number of anilines is 1. The molecule has 0 aromatic heterocycles. The zero-order valence-electron chi connectivity index (χ0n) is 14.2. The fraction of sp³-hybridized carbons (Fsp3) is 0.0455. The topological polar surface area (TPSA) is 29.1 Å². The van der Waals surface area contributed by atoms with Crippen molar-refractivity contribution in [1.82, 2.24) is 0 Å². The van der Waals surface area contributed by atoms with Crippen LogP contribution in [0, 0.1) is 0 Å². The Hall–Kier alpha value is -3.34. The molecule has 0 aliphatic rings. The molecule has 0 bridgehead atoms. The minimum absolute atomic E-state index is 0.242. The van der Waals surface area contributed by atoms with Crippen molar-refractivity contribution < 1.29 is 18.0 Å². The second-order valence-corrected chi connectivity index (χ2v) is 5.85. The van der Waals surface area contributed by atoms with Crippen LogP contribution in [0.1, 0.15) is 21.5 Å². The van der Waals surface area contributed by atoms with Gasteiger partial charge < -0.3 is 5.32 Å². The van der Waals surface area contributed by atoms with Crippen LogP contribution in [0.15, 0.2) is 91.0 Å². The van der Waals surface area contributed by atoms with Crippen molar-refractivity contribution in [3.8, 4) is 0 Å². The monoisotopic (exact) mass is 367 g/mol. The van der Waals surface area contributed by atoms with Crippen molar-refractivity contribution in [1.29, 1.82) is 0 Å². The van der Waals surface area contributed by atoms with Gasteiger partial charge in [-0.3, -0.25) is 4.79 Å². The van der Waals surface area contributed by atoms with Gasteiger partial charge in [0.25, 0.3) is 0 Å². The molecule has 0 saturated carbocycles. The highest BCUT2D eigenvalue weighted by molar-refractivity contribution is 6.09. The Balaban J connectivity index is 1.97. The molecule has 3 rings (SSSR count). The van der Waals surface area contributed by atoms with Crippen molar-refractivity contribution in [2.45, 2.75) is 6.18 Å². The van der Waals surface area contributed by atoms with E-state index in [0.29, 0.717) is 16.8 Å². The summed E-state index contributed by atoms with van der Waals surface area (Å²) in [5.74, 6) is -0.242. The number of hydrogen-bond acceptors (Lipinski definition) is 2. The lowest BCUT2D eigenvalue weighted by molar-refractivity contribution is -0.137. The van der Waals surface area contributed by atoms with Crippen LogP contribution in [0.5, 0.6) is 0 Å². The molecule has 0 saturated heterocycles. The molecule has 27 heavy (non-hydrogen) atoms. The van der Waals surface area contributed by atoms with E-state index in [4.69, 9.17) is 0 Å². The highest BCUT2D eigenvalue weighted by Crippen LogP contribution is 2.30. The van der Waals surface area contributed by atoms with Gasteiger partial charge >= 0.3 is 6.18 Å². The maximum atomic E-state index is 12.8. The third kappa shape index (κ3) is 4.85. The number of hydrogen-bond donors (Lipinski definition) is 1. The Kier molecular flexibility index (Phi) is 5.41. The number of alkyl halides is 3. The summed E-state index contributed by atoms with van der Waals surface area (Å²) >= 11 is 0. The molecule has 0 aliphatic heterocycles. The molecular weight excluding hydrogens is 351 g/mol. The second-order valence-electron chi connectivity index (χ2n) is 5.85. The lowest BCUT2D eigenvalue weighted by Crippen LogP contribution is -2.06. The molecule has 3 aromatic rings. The van der Waals surface area contributed by atoms with Crippen LogP contribution in [0.4, 0.5) is 18.9 Å². The number of rotatable bonds is 5. The van der Waals surface area contributed by atoms with Crippen molar-refractivity contribution in [3.05, 3.63) is 108 Å². The number of carbonyl (C=O) groups excluding carboxylic acids is 1. The Labute approximate surface area is 155 Å². The summed E-state index contributed by atoms with van der Waals surface area (Å²) in [7, 11) is 0. The minimum atomic E-state index is -4.41. The largest absolute Gasteiger partial charge is 0.416 e. The first-order valence-corrected chi connectivity index (χ1v) is 8.24. The summed E-state index contributed by atoms with van der Waals surface area (Å²) in [6.45, 7) is 0. The first-order valence-electron chi connectivity index (χ1n) is 8.24. The maximum absolute atomic E-state index is 12.8. The van der Waals surface area contributed by atoms with Crippen LogP contribution in [0.25, 0.3) is 5.70 Å². The molecule has 0 fully saturated rings. The third-order valence-electron chi connectivity index (χ3n) is 3.91. The standard InChI is InChI=1S/C22H16F3NO/c23-22(24,25)18-13-11-16(12-14-18)20(26-19-9-5-2-6-10-19)15-21(27)17-7-3-1-4-8-17/h1-15,26H/b20-15-. The van der Waals surface area contributed by atoms with Gasteiger partial charge in [-0.25, -0.2) is 0 Å². The Morgan fingerprint density at radius 1 is 0.741 bits per heavy atom. The van der Waals surface area contributed by atoms with Crippen LogP contribution in [-0.4, -0.2) is 5.78 Å². The number of para-hydroxylation sites is 1. The van der Waals surface area contributed by atoms with Crippen molar-refractivity contribution in [2.24, 2.45) is 0 Å². The Morgan fingerprint density at radius 2 is 1.30 bits per heavy atom. The van der Waals surface area contributed by atoms with Gasteiger partial charge in [-0.15, -0.1) is 0 Å². The van der Waals surface area contributed by atoms with Gasteiger partial charge in [-0.05, 0) is 29.8 Å². The molecule has 5 heteroatoms. The van der Waals surface area contributed by atoms with Gasteiger partial charge in [-0.1, -0.05) is 60.7 Å². The van der Waals surface area contributed by atoms with E-state index in [1.165, 1.54) is 18.2 Å². The number of allylic oxidation sites excluding steroid dienone is 1. The molecule has 136 valence electrons. The maximum Gasteiger partial charge on any atom is 0.416 e. The zero-order valence-corrected chi connectivity index (χ0v) is 14.2. The van der Waals surface area contributed by atoms with Gasteiger partial charge in [0.05, 0.1) is 5.56 Å². The summed E-state index contributed by atoms with van der Waals surface area (Å²) in [4.78, 5) is 12.5. The fourth-order valence-electron chi connectivity index (χ4n) is 2.52. The van der Waals surface area contributed by atoms with E-state index in [9.17, 15) is 18.0 Å².